The van der Waals surface area contributed by atoms with Gasteiger partial charge in [0.15, 0.2) is 11.5 Å². The number of rotatable bonds is 4. The van der Waals surface area contributed by atoms with Crippen LogP contribution in [0.4, 0.5) is 0 Å². The minimum Gasteiger partial charge on any atom is -0.493 e. The van der Waals surface area contributed by atoms with Crippen molar-refractivity contribution in [1.29, 1.82) is 0 Å². The van der Waals surface area contributed by atoms with E-state index in [-0.39, 0.29) is 0 Å². The van der Waals surface area contributed by atoms with E-state index < -0.39 is 0 Å². The van der Waals surface area contributed by atoms with Gasteiger partial charge < -0.3 is 14.2 Å². The molecule has 0 saturated heterocycles. The third-order valence-corrected chi connectivity index (χ3v) is 2.88. The number of benzene rings is 1. The van der Waals surface area contributed by atoms with Crippen LogP contribution >= 0.6 is 0 Å². The SMILES string of the molecule is C/C=C(\C)Oc1ccnc2cc(OC)c(OC)cc12. The Morgan fingerprint density at radius 1 is 1.11 bits per heavy atom. The molecule has 2 aromatic rings. The number of allylic oxidation sites excluding steroid dienone is 2. The molecular weight excluding hydrogens is 242 g/mol. The number of pyridine rings is 1. The first-order valence-corrected chi connectivity index (χ1v) is 6.01. The van der Waals surface area contributed by atoms with E-state index in [0.29, 0.717) is 11.5 Å². The number of ether oxygens (including phenoxy) is 3. The Morgan fingerprint density at radius 2 is 1.79 bits per heavy atom. The number of hydrogen-bond acceptors (Lipinski definition) is 4. The maximum atomic E-state index is 5.77. The number of aromatic nitrogens is 1. The third-order valence-electron chi connectivity index (χ3n) is 2.88. The van der Waals surface area contributed by atoms with Crippen molar-refractivity contribution < 1.29 is 14.2 Å². The average molecular weight is 259 g/mol. The molecule has 4 nitrogen and oxygen atoms in total. The van der Waals surface area contributed by atoms with Crippen molar-refractivity contribution in [1.82, 2.24) is 4.98 Å². The fourth-order valence-corrected chi connectivity index (χ4v) is 1.77. The van der Waals surface area contributed by atoms with Crippen LogP contribution in [0.5, 0.6) is 17.2 Å². The van der Waals surface area contributed by atoms with Crippen molar-refractivity contribution in [3.05, 3.63) is 36.2 Å². The summed E-state index contributed by atoms with van der Waals surface area (Å²) in [5.74, 6) is 2.90. The maximum Gasteiger partial charge on any atom is 0.162 e. The molecule has 0 amide bonds. The van der Waals surface area contributed by atoms with Gasteiger partial charge in [0, 0.05) is 17.6 Å². The molecule has 1 aromatic heterocycles. The number of fused-ring (bicyclic) bond motifs is 1. The van der Waals surface area contributed by atoms with E-state index in [1.54, 1.807) is 20.4 Å². The summed E-state index contributed by atoms with van der Waals surface area (Å²) < 4.78 is 16.4. The van der Waals surface area contributed by atoms with Crippen molar-refractivity contribution in [2.45, 2.75) is 13.8 Å². The van der Waals surface area contributed by atoms with E-state index in [4.69, 9.17) is 14.2 Å². The Morgan fingerprint density at radius 3 is 2.42 bits per heavy atom. The van der Waals surface area contributed by atoms with Crippen molar-refractivity contribution in [3.8, 4) is 17.2 Å². The summed E-state index contributed by atoms with van der Waals surface area (Å²) in [5, 5.41) is 0.890. The van der Waals surface area contributed by atoms with E-state index >= 15 is 0 Å². The molecule has 100 valence electrons. The van der Waals surface area contributed by atoms with Crippen LogP contribution < -0.4 is 14.2 Å². The van der Waals surface area contributed by atoms with Gasteiger partial charge in [-0.25, -0.2) is 0 Å². The van der Waals surface area contributed by atoms with Gasteiger partial charge in [-0.05, 0) is 32.1 Å². The molecule has 0 radical (unpaired) electrons. The molecule has 0 aliphatic carbocycles. The van der Waals surface area contributed by atoms with E-state index in [1.807, 2.05) is 38.1 Å². The monoisotopic (exact) mass is 259 g/mol. The van der Waals surface area contributed by atoms with Gasteiger partial charge in [0.2, 0.25) is 0 Å². The van der Waals surface area contributed by atoms with Crippen molar-refractivity contribution in [2.75, 3.05) is 14.2 Å². The number of nitrogens with zero attached hydrogens (tertiary/aromatic N) is 1. The van der Waals surface area contributed by atoms with Crippen LogP contribution in [0.25, 0.3) is 10.9 Å². The average Bonchev–Trinajstić information content (AvgIpc) is 2.45. The highest BCUT2D eigenvalue weighted by molar-refractivity contribution is 5.88. The molecule has 0 aliphatic heterocycles. The molecule has 2 rings (SSSR count). The number of methoxy groups -OCH3 is 2. The fraction of sp³-hybridized carbons (Fsp3) is 0.267. The van der Waals surface area contributed by atoms with E-state index in [2.05, 4.69) is 4.98 Å². The highest BCUT2D eigenvalue weighted by atomic mass is 16.5. The summed E-state index contributed by atoms with van der Waals surface area (Å²) in [6, 6.07) is 5.55. The summed E-state index contributed by atoms with van der Waals surface area (Å²) in [6.45, 7) is 3.84. The summed E-state index contributed by atoms with van der Waals surface area (Å²) >= 11 is 0. The minimum absolute atomic E-state index is 0.655. The van der Waals surface area contributed by atoms with Crippen LogP contribution in [0.1, 0.15) is 13.8 Å². The van der Waals surface area contributed by atoms with Gasteiger partial charge in [0.1, 0.15) is 5.75 Å². The highest BCUT2D eigenvalue weighted by Crippen LogP contribution is 2.35. The first-order chi connectivity index (χ1) is 9.19. The van der Waals surface area contributed by atoms with Crippen molar-refractivity contribution in [2.24, 2.45) is 0 Å². The van der Waals surface area contributed by atoms with Gasteiger partial charge in [-0.3, -0.25) is 4.98 Å². The fourth-order valence-electron chi connectivity index (χ4n) is 1.77. The molecule has 1 heterocycles. The van der Waals surface area contributed by atoms with Gasteiger partial charge in [0.25, 0.3) is 0 Å². The van der Waals surface area contributed by atoms with Crippen LogP contribution in [0, 0.1) is 0 Å². The molecule has 0 unspecified atom stereocenters. The molecule has 0 aliphatic rings. The Kier molecular flexibility index (Phi) is 3.90. The molecule has 19 heavy (non-hydrogen) atoms. The van der Waals surface area contributed by atoms with E-state index in [1.165, 1.54) is 0 Å². The molecule has 4 heteroatoms. The summed E-state index contributed by atoms with van der Waals surface area (Å²) in [6.07, 6.45) is 3.62. The second kappa shape index (κ2) is 5.61. The van der Waals surface area contributed by atoms with Gasteiger partial charge in [-0.15, -0.1) is 0 Å². The van der Waals surface area contributed by atoms with Crippen LogP contribution in [0.2, 0.25) is 0 Å². The smallest absolute Gasteiger partial charge is 0.162 e. The summed E-state index contributed by atoms with van der Waals surface area (Å²) in [4.78, 5) is 4.32. The molecule has 0 bridgehead atoms. The quantitative estimate of drug-likeness (QED) is 0.787. The predicted molar refractivity (Wildman–Crippen MR) is 74.9 cm³/mol. The minimum atomic E-state index is 0.655. The standard InChI is InChI=1S/C15H17NO3/c1-5-10(2)19-13-6-7-16-12-9-15(18-4)14(17-3)8-11(12)13/h5-9H,1-4H3/b10-5+. The van der Waals surface area contributed by atoms with Crippen LogP contribution in [-0.4, -0.2) is 19.2 Å². The Labute approximate surface area is 112 Å². The second-order valence-electron chi connectivity index (χ2n) is 4.03. The first-order valence-electron chi connectivity index (χ1n) is 6.01. The molecular formula is C15H17NO3. The van der Waals surface area contributed by atoms with Gasteiger partial charge >= 0.3 is 0 Å². The number of hydrogen-bond donors (Lipinski definition) is 0. The van der Waals surface area contributed by atoms with Gasteiger partial charge in [0.05, 0.1) is 25.5 Å². The molecule has 0 spiro atoms. The largest absolute Gasteiger partial charge is 0.493 e. The van der Waals surface area contributed by atoms with Crippen LogP contribution in [-0.2, 0) is 0 Å². The lowest BCUT2D eigenvalue weighted by Gasteiger charge is -2.12. The van der Waals surface area contributed by atoms with Crippen molar-refractivity contribution in [3.63, 3.8) is 0 Å². The first kappa shape index (κ1) is 13.2. The van der Waals surface area contributed by atoms with Crippen molar-refractivity contribution >= 4 is 10.9 Å². The lowest BCUT2D eigenvalue weighted by Crippen LogP contribution is -1.95. The third kappa shape index (κ3) is 2.62. The Balaban J connectivity index is 2.60. The topological polar surface area (TPSA) is 40.6 Å². The normalized spacial score (nSPS) is 11.5. The lowest BCUT2D eigenvalue weighted by atomic mass is 10.2. The zero-order valence-electron chi connectivity index (χ0n) is 11.6. The molecule has 0 saturated carbocycles. The summed E-state index contributed by atoms with van der Waals surface area (Å²) in [7, 11) is 3.21. The van der Waals surface area contributed by atoms with Gasteiger partial charge in [-0.2, -0.15) is 0 Å². The zero-order valence-corrected chi connectivity index (χ0v) is 11.6. The van der Waals surface area contributed by atoms with Gasteiger partial charge in [-0.1, -0.05) is 0 Å². The molecule has 0 fully saturated rings. The Hall–Kier alpha value is -2.23. The van der Waals surface area contributed by atoms with Crippen LogP contribution in [0.3, 0.4) is 0 Å². The van der Waals surface area contributed by atoms with E-state index in [9.17, 15) is 0 Å². The van der Waals surface area contributed by atoms with Crippen LogP contribution in [0.15, 0.2) is 36.2 Å². The predicted octanol–water partition coefficient (Wildman–Crippen LogP) is 3.55. The molecule has 1 aromatic carbocycles. The Bertz CT molecular complexity index is 620. The highest BCUT2D eigenvalue weighted by Gasteiger charge is 2.10. The second-order valence-corrected chi connectivity index (χ2v) is 4.03. The molecule has 0 N–H and O–H groups in total. The maximum absolute atomic E-state index is 5.77. The lowest BCUT2D eigenvalue weighted by molar-refractivity contribution is 0.355. The summed E-state index contributed by atoms with van der Waals surface area (Å²) in [5.41, 5.74) is 0.805. The van der Waals surface area contributed by atoms with E-state index in [0.717, 1.165) is 22.4 Å². The molecule has 0 atom stereocenters. The zero-order chi connectivity index (χ0) is 13.8.